The van der Waals surface area contributed by atoms with Crippen LogP contribution in [0.25, 0.3) is 0 Å². The van der Waals surface area contributed by atoms with Gasteiger partial charge in [-0.25, -0.2) is 4.98 Å². The summed E-state index contributed by atoms with van der Waals surface area (Å²) in [5.74, 6) is 0.694. The number of ether oxygens (including phenoxy) is 1. The number of thiocarbonyl (C=S) groups is 1. The number of aryl methyl sites for hydroxylation is 1. The Bertz CT molecular complexity index is 1110. The van der Waals surface area contributed by atoms with Crippen molar-refractivity contribution in [3.05, 3.63) is 70.9 Å². The predicted molar refractivity (Wildman–Crippen MR) is 133 cm³/mol. The first kappa shape index (κ1) is 24.2. The van der Waals surface area contributed by atoms with Gasteiger partial charge in [-0.2, -0.15) is 4.98 Å². The highest BCUT2D eigenvalue weighted by molar-refractivity contribution is 7.80. The van der Waals surface area contributed by atoms with Crippen LogP contribution in [0.1, 0.15) is 30.6 Å². The molecule has 4 N–H and O–H groups in total. The van der Waals surface area contributed by atoms with Crippen molar-refractivity contribution < 1.29 is 14.6 Å². The van der Waals surface area contributed by atoms with Gasteiger partial charge in [0.25, 0.3) is 0 Å². The zero-order valence-corrected chi connectivity index (χ0v) is 19.7. The lowest BCUT2D eigenvalue weighted by Gasteiger charge is -2.20. The second-order valence-electron chi connectivity index (χ2n) is 7.10. The molecule has 10 heteroatoms. The number of hydrogen-bond donors (Lipinski definition) is 4. The first-order valence-electron chi connectivity index (χ1n) is 10.2. The Morgan fingerprint density at radius 2 is 1.85 bits per heavy atom. The second kappa shape index (κ2) is 11.4. The maximum atomic E-state index is 11.3. The molecule has 0 amide bonds. The van der Waals surface area contributed by atoms with E-state index in [1.807, 2.05) is 38.1 Å². The Morgan fingerprint density at radius 1 is 1.15 bits per heavy atom. The summed E-state index contributed by atoms with van der Waals surface area (Å²) in [6, 6.07) is 15.7. The molecule has 8 nitrogen and oxygen atoms in total. The van der Waals surface area contributed by atoms with Gasteiger partial charge >= 0.3 is 5.97 Å². The molecular weight excluding hydrogens is 462 g/mol. The number of halogens is 1. The first-order valence-corrected chi connectivity index (χ1v) is 11.0. The molecule has 0 aliphatic carbocycles. The molecule has 0 aliphatic rings. The summed E-state index contributed by atoms with van der Waals surface area (Å²) in [5, 5.41) is 19.2. The van der Waals surface area contributed by atoms with Gasteiger partial charge in [0.05, 0.1) is 19.1 Å². The van der Waals surface area contributed by atoms with Crippen LogP contribution in [0.3, 0.4) is 0 Å². The number of carboxylic acid groups (broad SMARTS) is 1. The molecule has 1 heterocycles. The molecule has 1 atom stereocenters. The Morgan fingerprint density at radius 3 is 2.48 bits per heavy atom. The number of anilines is 3. The van der Waals surface area contributed by atoms with Crippen molar-refractivity contribution >= 4 is 52.4 Å². The van der Waals surface area contributed by atoms with E-state index >= 15 is 0 Å². The molecule has 33 heavy (non-hydrogen) atoms. The standard InChI is InChI=1S/C23H24ClN5O3S/c1-3-32-18-10-8-17(9-11-18)26-20-12-14(2)25-22(28-20)29-23(33)27-19(13-21(30)31)15-4-6-16(24)7-5-15/h4-12,19H,3,13H2,1-2H3,(H,30,31)(H3,25,26,27,28,29,33)/t19-/m1/s1. The van der Waals surface area contributed by atoms with E-state index in [0.29, 0.717) is 17.4 Å². The lowest BCUT2D eigenvalue weighted by molar-refractivity contribution is -0.137. The van der Waals surface area contributed by atoms with Gasteiger partial charge in [-0.15, -0.1) is 0 Å². The van der Waals surface area contributed by atoms with Crippen LogP contribution in [-0.4, -0.2) is 32.8 Å². The van der Waals surface area contributed by atoms with Crippen LogP contribution in [0, 0.1) is 6.92 Å². The SMILES string of the molecule is CCOc1ccc(Nc2cc(C)nc(NC(=S)N[C@H](CC(=O)O)c3ccc(Cl)cc3)n2)cc1. The Hall–Kier alpha value is -3.43. The highest BCUT2D eigenvalue weighted by atomic mass is 35.5. The van der Waals surface area contributed by atoms with Crippen LogP contribution in [-0.2, 0) is 4.79 Å². The third kappa shape index (κ3) is 7.58. The van der Waals surface area contributed by atoms with Gasteiger partial charge in [0, 0.05) is 22.5 Å². The second-order valence-corrected chi connectivity index (χ2v) is 7.95. The summed E-state index contributed by atoms with van der Waals surface area (Å²) in [6.45, 7) is 4.38. The van der Waals surface area contributed by atoms with Gasteiger partial charge in [0.15, 0.2) is 5.11 Å². The molecule has 2 aromatic carbocycles. The molecule has 0 fully saturated rings. The number of benzene rings is 2. The minimum Gasteiger partial charge on any atom is -0.494 e. The molecule has 0 saturated carbocycles. The lowest BCUT2D eigenvalue weighted by atomic mass is 10.0. The summed E-state index contributed by atoms with van der Waals surface area (Å²) in [5.41, 5.74) is 2.31. The maximum absolute atomic E-state index is 11.3. The molecule has 3 aromatic rings. The molecule has 0 spiro atoms. The van der Waals surface area contributed by atoms with E-state index in [9.17, 15) is 9.90 Å². The van der Waals surface area contributed by atoms with Crippen LogP contribution in [0.5, 0.6) is 5.75 Å². The summed E-state index contributed by atoms with van der Waals surface area (Å²) in [4.78, 5) is 20.2. The van der Waals surface area contributed by atoms with Crippen molar-refractivity contribution in [3.63, 3.8) is 0 Å². The summed E-state index contributed by atoms with van der Waals surface area (Å²) in [6.07, 6.45) is -0.164. The van der Waals surface area contributed by atoms with Crippen molar-refractivity contribution in [2.75, 3.05) is 17.2 Å². The van der Waals surface area contributed by atoms with Gasteiger partial charge in [-0.1, -0.05) is 23.7 Å². The molecule has 172 valence electrons. The van der Waals surface area contributed by atoms with E-state index in [1.165, 1.54) is 0 Å². The van der Waals surface area contributed by atoms with Crippen LogP contribution in [0.4, 0.5) is 17.5 Å². The average molecular weight is 486 g/mol. The van der Waals surface area contributed by atoms with Gasteiger partial charge in [0.2, 0.25) is 5.95 Å². The number of aromatic nitrogens is 2. The molecule has 0 bridgehead atoms. The van der Waals surface area contributed by atoms with Crippen LogP contribution < -0.4 is 20.7 Å². The number of carbonyl (C=O) groups is 1. The number of nitrogens with one attached hydrogen (secondary N) is 3. The van der Waals surface area contributed by atoms with E-state index in [2.05, 4.69) is 25.9 Å². The summed E-state index contributed by atoms with van der Waals surface area (Å²) < 4.78 is 5.46. The monoisotopic (exact) mass is 485 g/mol. The van der Waals surface area contributed by atoms with Crippen molar-refractivity contribution in [1.82, 2.24) is 15.3 Å². The molecule has 0 radical (unpaired) electrons. The Balaban J connectivity index is 1.69. The van der Waals surface area contributed by atoms with E-state index in [4.69, 9.17) is 28.6 Å². The van der Waals surface area contributed by atoms with Crippen molar-refractivity contribution in [3.8, 4) is 5.75 Å². The number of hydrogen-bond acceptors (Lipinski definition) is 6. The van der Waals surface area contributed by atoms with Crippen molar-refractivity contribution in [1.29, 1.82) is 0 Å². The molecule has 1 aromatic heterocycles. The van der Waals surface area contributed by atoms with Gasteiger partial charge in [-0.3, -0.25) is 4.79 Å². The van der Waals surface area contributed by atoms with Crippen LogP contribution in [0.15, 0.2) is 54.6 Å². The maximum Gasteiger partial charge on any atom is 0.305 e. The fourth-order valence-corrected chi connectivity index (χ4v) is 3.41. The molecular formula is C23H24ClN5O3S. The van der Waals surface area contributed by atoms with Gasteiger partial charge in [0.1, 0.15) is 11.6 Å². The van der Waals surface area contributed by atoms with Crippen LogP contribution >= 0.6 is 23.8 Å². The fraction of sp³-hybridized carbons (Fsp3) is 0.217. The zero-order valence-electron chi connectivity index (χ0n) is 18.1. The van der Waals surface area contributed by atoms with Crippen molar-refractivity contribution in [2.24, 2.45) is 0 Å². The number of carboxylic acids is 1. The Labute approximate surface area is 202 Å². The Kier molecular flexibility index (Phi) is 8.39. The largest absolute Gasteiger partial charge is 0.494 e. The summed E-state index contributed by atoms with van der Waals surface area (Å²) >= 11 is 11.3. The quantitative estimate of drug-likeness (QED) is 0.308. The average Bonchev–Trinajstić information content (AvgIpc) is 2.74. The first-order chi connectivity index (χ1) is 15.8. The predicted octanol–water partition coefficient (Wildman–Crippen LogP) is 5.08. The lowest BCUT2D eigenvalue weighted by Crippen LogP contribution is -2.34. The number of aliphatic carboxylic acids is 1. The van der Waals surface area contributed by atoms with Gasteiger partial charge in [-0.05, 0) is 68.0 Å². The minimum absolute atomic E-state index is 0.164. The van der Waals surface area contributed by atoms with E-state index in [1.54, 1.807) is 30.3 Å². The molecule has 3 rings (SSSR count). The third-order valence-electron chi connectivity index (χ3n) is 4.47. The van der Waals surface area contributed by atoms with E-state index < -0.39 is 12.0 Å². The fourth-order valence-electron chi connectivity index (χ4n) is 3.06. The molecule has 0 aliphatic heterocycles. The molecule has 0 unspecified atom stereocenters. The zero-order chi connectivity index (χ0) is 23.8. The topological polar surface area (TPSA) is 108 Å². The number of nitrogens with zero attached hydrogens (tertiary/aromatic N) is 2. The molecule has 0 saturated heterocycles. The smallest absolute Gasteiger partial charge is 0.305 e. The van der Waals surface area contributed by atoms with Crippen molar-refractivity contribution in [2.45, 2.75) is 26.3 Å². The normalized spacial score (nSPS) is 11.4. The highest BCUT2D eigenvalue weighted by Crippen LogP contribution is 2.22. The highest BCUT2D eigenvalue weighted by Gasteiger charge is 2.17. The number of rotatable bonds is 9. The third-order valence-corrected chi connectivity index (χ3v) is 4.95. The van der Waals surface area contributed by atoms with E-state index in [0.717, 1.165) is 22.7 Å². The van der Waals surface area contributed by atoms with Gasteiger partial charge < -0.3 is 25.8 Å². The minimum atomic E-state index is -0.959. The van der Waals surface area contributed by atoms with Crippen LogP contribution in [0.2, 0.25) is 5.02 Å². The summed E-state index contributed by atoms with van der Waals surface area (Å²) in [7, 11) is 0. The van der Waals surface area contributed by atoms with E-state index in [-0.39, 0.29) is 17.5 Å².